The van der Waals surface area contributed by atoms with Gasteiger partial charge in [0, 0.05) is 19.7 Å². The summed E-state index contributed by atoms with van der Waals surface area (Å²) in [5, 5.41) is 19.4. The van der Waals surface area contributed by atoms with Gasteiger partial charge in [-0.3, -0.25) is 9.48 Å². The molecular formula is C13H24N4O2. The summed E-state index contributed by atoms with van der Waals surface area (Å²) >= 11 is 0. The van der Waals surface area contributed by atoms with Crippen LogP contribution in [0.3, 0.4) is 0 Å². The maximum atomic E-state index is 11.8. The van der Waals surface area contributed by atoms with E-state index in [2.05, 4.69) is 29.5 Å². The lowest BCUT2D eigenvalue weighted by Gasteiger charge is -2.09. The first-order valence-corrected chi connectivity index (χ1v) is 6.82. The average Bonchev–Trinajstić information content (AvgIpc) is 2.82. The number of hydrogen-bond acceptors (Lipinski definition) is 4. The molecule has 0 saturated heterocycles. The van der Waals surface area contributed by atoms with Gasteiger partial charge in [-0.25, -0.2) is 0 Å². The van der Waals surface area contributed by atoms with Crippen LogP contribution in [0.2, 0.25) is 0 Å². The molecule has 0 bridgehead atoms. The molecule has 1 atom stereocenters. The second-order valence-corrected chi connectivity index (χ2v) is 5.38. The van der Waals surface area contributed by atoms with Crippen LogP contribution in [-0.4, -0.2) is 39.2 Å². The predicted octanol–water partition coefficient (Wildman–Crippen LogP) is 1.07. The van der Waals surface area contributed by atoms with Gasteiger partial charge in [0.05, 0.1) is 6.20 Å². The number of aliphatic hydroxyl groups excluding tert-OH is 1. The molecule has 1 heterocycles. The minimum atomic E-state index is -0.208. The normalized spacial score (nSPS) is 12.7. The molecular weight excluding hydrogens is 244 g/mol. The van der Waals surface area contributed by atoms with Gasteiger partial charge in [0.15, 0.2) is 5.69 Å². The van der Waals surface area contributed by atoms with Crippen molar-refractivity contribution >= 4 is 5.91 Å². The van der Waals surface area contributed by atoms with Crippen LogP contribution in [0.15, 0.2) is 6.20 Å². The number of rotatable bonds is 8. The summed E-state index contributed by atoms with van der Waals surface area (Å²) in [7, 11) is 0. The Bertz CT molecular complexity index is 390. The van der Waals surface area contributed by atoms with E-state index in [1.807, 2.05) is 6.92 Å². The van der Waals surface area contributed by atoms with Gasteiger partial charge in [-0.1, -0.05) is 26.0 Å². The zero-order valence-corrected chi connectivity index (χ0v) is 12.0. The lowest BCUT2D eigenvalue weighted by atomic mass is 10.1. The van der Waals surface area contributed by atoms with E-state index < -0.39 is 0 Å². The number of carbonyl (C=O) groups excluding carboxylic acids is 1. The Balaban J connectivity index is 2.40. The van der Waals surface area contributed by atoms with Gasteiger partial charge in [0.1, 0.15) is 0 Å². The van der Waals surface area contributed by atoms with E-state index in [4.69, 9.17) is 5.11 Å². The third-order valence-electron chi connectivity index (χ3n) is 2.94. The van der Waals surface area contributed by atoms with Gasteiger partial charge in [-0.2, -0.15) is 0 Å². The molecule has 108 valence electrons. The molecule has 1 rings (SSSR count). The van der Waals surface area contributed by atoms with Crippen molar-refractivity contribution in [1.29, 1.82) is 0 Å². The Labute approximate surface area is 114 Å². The molecule has 0 saturated carbocycles. The molecule has 0 aromatic carbocycles. The number of aromatic nitrogens is 3. The molecule has 1 aromatic heterocycles. The summed E-state index contributed by atoms with van der Waals surface area (Å²) in [5.74, 6) is 0.645. The number of aryl methyl sites for hydroxylation is 1. The fourth-order valence-electron chi connectivity index (χ4n) is 1.58. The van der Waals surface area contributed by atoms with Crippen molar-refractivity contribution in [2.75, 3.05) is 13.2 Å². The molecule has 0 spiro atoms. The third-order valence-corrected chi connectivity index (χ3v) is 2.94. The molecule has 0 aliphatic carbocycles. The van der Waals surface area contributed by atoms with Crippen molar-refractivity contribution < 1.29 is 9.90 Å². The molecule has 1 aromatic rings. The molecule has 1 amide bonds. The molecule has 19 heavy (non-hydrogen) atoms. The first kappa shape index (κ1) is 15.6. The first-order chi connectivity index (χ1) is 9.02. The van der Waals surface area contributed by atoms with Gasteiger partial charge in [0.25, 0.3) is 5.91 Å². The largest absolute Gasteiger partial charge is 0.396 e. The Kier molecular flexibility index (Phi) is 6.49. The second kappa shape index (κ2) is 7.89. The van der Waals surface area contributed by atoms with Crippen molar-refractivity contribution in [3.63, 3.8) is 0 Å². The van der Waals surface area contributed by atoms with E-state index in [-0.39, 0.29) is 18.4 Å². The molecule has 0 fully saturated rings. The predicted molar refractivity (Wildman–Crippen MR) is 72.7 cm³/mol. The fourth-order valence-corrected chi connectivity index (χ4v) is 1.58. The quantitative estimate of drug-likeness (QED) is 0.739. The number of amides is 1. The minimum Gasteiger partial charge on any atom is -0.396 e. The van der Waals surface area contributed by atoms with Crippen LogP contribution < -0.4 is 5.32 Å². The smallest absolute Gasteiger partial charge is 0.273 e. The highest BCUT2D eigenvalue weighted by Gasteiger charge is 2.11. The summed E-state index contributed by atoms with van der Waals surface area (Å²) in [6.07, 6.45) is 3.37. The monoisotopic (exact) mass is 268 g/mol. The standard InChI is InChI=1S/C13H24N4O2/c1-10(2)4-6-17-9-12(15-16-17)13(19)14-8-11(3)5-7-18/h9-11,18H,4-8H2,1-3H3,(H,14,19). The number of nitrogens with one attached hydrogen (secondary N) is 1. The Morgan fingerprint density at radius 3 is 2.79 bits per heavy atom. The summed E-state index contributed by atoms with van der Waals surface area (Å²) in [6.45, 7) is 7.73. The van der Waals surface area contributed by atoms with E-state index in [1.165, 1.54) is 0 Å². The maximum absolute atomic E-state index is 11.8. The van der Waals surface area contributed by atoms with Crippen LogP contribution in [0.4, 0.5) is 0 Å². The number of aliphatic hydroxyl groups is 1. The van der Waals surface area contributed by atoms with Crippen LogP contribution in [-0.2, 0) is 6.54 Å². The van der Waals surface area contributed by atoms with E-state index >= 15 is 0 Å². The maximum Gasteiger partial charge on any atom is 0.273 e. The summed E-state index contributed by atoms with van der Waals surface area (Å²) in [5.41, 5.74) is 0.347. The van der Waals surface area contributed by atoms with Gasteiger partial charge >= 0.3 is 0 Å². The second-order valence-electron chi connectivity index (χ2n) is 5.38. The number of nitrogens with zero attached hydrogens (tertiary/aromatic N) is 3. The summed E-state index contributed by atoms with van der Waals surface area (Å²) in [4.78, 5) is 11.8. The van der Waals surface area contributed by atoms with Gasteiger partial charge < -0.3 is 10.4 Å². The zero-order valence-electron chi connectivity index (χ0n) is 12.0. The molecule has 2 N–H and O–H groups in total. The molecule has 1 unspecified atom stereocenters. The SMILES string of the molecule is CC(C)CCn1cc(C(=O)NCC(C)CCO)nn1. The average molecular weight is 268 g/mol. The molecule has 0 aliphatic heterocycles. The van der Waals surface area contributed by atoms with E-state index in [0.717, 1.165) is 13.0 Å². The lowest BCUT2D eigenvalue weighted by Crippen LogP contribution is -2.28. The van der Waals surface area contributed by atoms with Crippen LogP contribution >= 0.6 is 0 Å². The topological polar surface area (TPSA) is 80.0 Å². The van der Waals surface area contributed by atoms with E-state index in [9.17, 15) is 4.79 Å². The fraction of sp³-hybridized carbons (Fsp3) is 0.769. The van der Waals surface area contributed by atoms with E-state index in [1.54, 1.807) is 10.9 Å². The number of hydrogen-bond donors (Lipinski definition) is 2. The molecule has 0 radical (unpaired) electrons. The minimum absolute atomic E-state index is 0.141. The molecule has 0 aliphatic rings. The van der Waals surface area contributed by atoms with Crippen molar-refractivity contribution in [2.45, 2.75) is 40.2 Å². The van der Waals surface area contributed by atoms with Gasteiger partial charge in [-0.05, 0) is 24.7 Å². The zero-order chi connectivity index (χ0) is 14.3. The summed E-state index contributed by atoms with van der Waals surface area (Å²) < 4.78 is 1.70. The Morgan fingerprint density at radius 1 is 1.42 bits per heavy atom. The van der Waals surface area contributed by atoms with Gasteiger partial charge in [0.2, 0.25) is 0 Å². The molecule has 6 heteroatoms. The first-order valence-electron chi connectivity index (χ1n) is 6.82. The molecule has 6 nitrogen and oxygen atoms in total. The van der Waals surface area contributed by atoms with Crippen LogP contribution in [0, 0.1) is 11.8 Å². The third kappa shape index (κ3) is 5.83. The highest BCUT2D eigenvalue weighted by molar-refractivity contribution is 5.91. The number of carbonyl (C=O) groups is 1. The highest BCUT2D eigenvalue weighted by atomic mass is 16.3. The van der Waals surface area contributed by atoms with Gasteiger partial charge in [-0.15, -0.1) is 5.10 Å². The summed E-state index contributed by atoms with van der Waals surface area (Å²) in [6, 6.07) is 0. The van der Waals surface area contributed by atoms with Crippen molar-refractivity contribution in [2.24, 2.45) is 11.8 Å². The van der Waals surface area contributed by atoms with Crippen LogP contribution in [0.25, 0.3) is 0 Å². The van der Waals surface area contributed by atoms with Crippen molar-refractivity contribution in [3.8, 4) is 0 Å². The Hall–Kier alpha value is -1.43. The van der Waals surface area contributed by atoms with Crippen molar-refractivity contribution in [1.82, 2.24) is 20.3 Å². The van der Waals surface area contributed by atoms with Crippen molar-refractivity contribution in [3.05, 3.63) is 11.9 Å². The Morgan fingerprint density at radius 2 is 2.16 bits per heavy atom. The van der Waals surface area contributed by atoms with Crippen LogP contribution in [0.5, 0.6) is 0 Å². The van der Waals surface area contributed by atoms with E-state index in [0.29, 0.717) is 24.6 Å². The van der Waals surface area contributed by atoms with Crippen LogP contribution in [0.1, 0.15) is 44.1 Å². The highest BCUT2D eigenvalue weighted by Crippen LogP contribution is 2.03. The lowest BCUT2D eigenvalue weighted by molar-refractivity contribution is 0.0940.